The van der Waals surface area contributed by atoms with E-state index in [-0.39, 0.29) is 18.0 Å². The predicted molar refractivity (Wildman–Crippen MR) is 119 cm³/mol. The van der Waals surface area contributed by atoms with Crippen molar-refractivity contribution in [2.75, 3.05) is 25.2 Å². The molecule has 3 N–H and O–H groups in total. The van der Waals surface area contributed by atoms with Gasteiger partial charge in [0.1, 0.15) is 24.5 Å². The van der Waals surface area contributed by atoms with Gasteiger partial charge in [0, 0.05) is 6.54 Å². The Morgan fingerprint density at radius 2 is 1.90 bits per heavy atom. The van der Waals surface area contributed by atoms with E-state index in [1.165, 1.54) is 23.9 Å². The molecule has 0 aliphatic rings. The monoisotopic (exact) mass is 452 g/mol. The first-order chi connectivity index (χ1) is 14.3. The van der Waals surface area contributed by atoms with Crippen LogP contribution >= 0.6 is 11.8 Å². The zero-order valence-corrected chi connectivity index (χ0v) is 18.7. The highest BCUT2D eigenvalue weighted by atomic mass is 32.2. The Hall–Kier alpha value is -2.07. The van der Waals surface area contributed by atoms with Crippen molar-refractivity contribution in [3.63, 3.8) is 0 Å². The zero-order valence-electron chi connectivity index (χ0n) is 17.1. The van der Waals surface area contributed by atoms with Gasteiger partial charge < -0.3 is 15.2 Å². The molecule has 0 saturated carbocycles. The predicted octanol–water partition coefficient (Wildman–Crippen LogP) is 1.95. The molecular formula is C21H28N2O5S2. The Morgan fingerprint density at radius 3 is 2.57 bits per heavy atom. The number of aliphatic hydroxyl groups is 1. The van der Waals surface area contributed by atoms with Crippen LogP contribution in [0.1, 0.15) is 12.0 Å². The number of sulfonamides is 1. The molecule has 9 heteroatoms. The normalized spacial score (nSPS) is 13.4. The lowest BCUT2D eigenvalue weighted by Gasteiger charge is -2.20. The Labute approximate surface area is 182 Å². The number of thioether (sulfide) groups is 1. The number of carbonyl (C=O) groups is 1. The lowest BCUT2D eigenvalue weighted by atomic mass is 10.2. The SMILES string of the molecule is CSCCC(NS(=O)(=O)c1ccccc1)C(=O)NCC(O)COc1cccc(C)c1. The molecule has 7 nitrogen and oxygen atoms in total. The minimum absolute atomic E-state index is 0.00888. The van der Waals surface area contributed by atoms with E-state index in [1.54, 1.807) is 24.3 Å². The van der Waals surface area contributed by atoms with Crippen molar-refractivity contribution in [1.82, 2.24) is 10.0 Å². The maximum absolute atomic E-state index is 12.6. The Morgan fingerprint density at radius 1 is 1.17 bits per heavy atom. The van der Waals surface area contributed by atoms with Gasteiger partial charge in [-0.2, -0.15) is 16.5 Å². The van der Waals surface area contributed by atoms with Gasteiger partial charge in [0.15, 0.2) is 0 Å². The van der Waals surface area contributed by atoms with Gasteiger partial charge >= 0.3 is 0 Å². The summed E-state index contributed by atoms with van der Waals surface area (Å²) in [6.45, 7) is 1.90. The number of aliphatic hydroxyl groups excluding tert-OH is 1. The van der Waals surface area contributed by atoms with E-state index in [0.29, 0.717) is 17.9 Å². The second-order valence-corrected chi connectivity index (χ2v) is 9.49. The van der Waals surface area contributed by atoms with E-state index in [1.807, 2.05) is 31.4 Å². The van der Waals surface area contributed by atoms with Crippen molar-refractivity contribution in [3.8, 4) is 5.75 Å². The summed E-state index contributed by atoms with van der Waals surface area (Å²) in [5.74, 6) is 0.751. The van der Waals surface area contributed by atoms with E-state index in [2.05, 4.69) is 10.0 Å². The van der Waals surface area contributed by atoms with Crippen LogP contribution in [0.4, 0.5) is 0 Å². The highest BCUT2D eigenvalue weighted by Crippen LogP contribution is 2.13. The molecule has 2 rings (SSSR count). The molecule has 2 unspecified atom stereocenters. The summed E-state index contributed by atoms with van der Waals surface area (Å²) in [6, 6.07) is 14.4. The molecule has 0 aliphatic carbocycles. The van der Waals surface area contributed by atoms with Crippen LogP contribution in [0.15, 0.2) is 59.5 Å². The minimum Gasteiger partial charge on any atom is -0.491 e. The standard InChI is InChI=1S/C21H28N2O5S2/c1-16-7-6-8-18(13-16)28-15-17(24)14-22-21(25)20(11-12-29-2)23-30(26,27)19-9-4-3-5-10-19/h3-10,13,17,20,23-24H,11-12,14-15H2,1-2H3,(H,22,25). The number of hydrogen-bond donors (Lipinski definition) is 3. The van der Waals surface area contributed by atoms with Gasteiger partial charge in [-0.25, -0.2) is 8.42 Å². The summed E-state index contributed by atoms with van der Waals surface area (Å²) in [5, 5.41) is 12.7. The molecule has 0 spiro atoms. The molecule has 0 aromatic heterocycles. The second kappa shape index (κ2) is 11.9. The van der Waals surface area contributed by atoms with Crippen LogP contribution in [0.3, 0.4) is 0 Å². The molecule has 2 aromatic rings. The maximum atomic E-state index is 12.6. The van der Waals surface area contributed by atoms with Crippen LogP contribution in [0, 0.1) is 6.92 Å². The number of ether oxygens (including phenoxy) is 1. The van der Waals surface area contributed by atoms with Gasteiger partial charge in [0.2, 0.25) is 15.9 Å². The fourth-order valence-corrected chi connectivity index (χ4v) is 4.35. The average Bonchev–Trinajstić information content (AvgIpc) is 2.74. The third-order valence-electron chi connectivity index (χ3n) is 4.22. The average molecular weight is 453 g/mol. The van der Waals surface area contributed by atoms with Crippen LogP contribution in [0.2, 0.25) is 0 Å². The third kappa shape index (κ3) is 7.98. The number of hydrogen-bond acceptors (Lipinski definition) is 6. The van der Waals surface area contributed by atoms with Crippen molar-refractivity contribution in [2.24, 2.45) is 0 Å². The van der Waals surface area contributed by atoms with Gasteiger partial charge in [-0.15, -0.1) is 0 Å². The van der Waals surface area contributed by atoms with Crippen LogP contribution in [-0.4, -0.2) is 56.7 Å². The largest absolute Gasteiger partial charge is 0.491 e. The molecule has 0 saturated heterocycles. The van der Waals surface area contributed by atoms with E-state index < -0.39 is 28.1 Å². The number of benzene rings is 2. The number of nitrogens with one attached hydrogen (secondary N) is 2. The van der Waals surface area contributed by atoms with Gasteiger partial charge in [0.25, 0.3) is 0 Å². The summed E-state index contributed by atoms with van der Waals surface area (Å²) < 4.78 is 33.1. The zero-order chi connectivity index (χ0) is 22.0. The molecule has 0 aliphatic heterocycles. The van der Waals surface area contributed by atoms with Gasteiger partial charge in [-0.1, -0.05) is 30.3 Å². The highest BCUT2D eigenvalue weighted by molar-refractivity contribution is 7.98. The summed E-state index contributed by atoms with van der Waals surface area (Å²) in [4.78, 5) is 12.7. The smallest absolute Gasteiger partial charge is 0.241 e. The maximum Gasteiger partial charge on any atom is 0.241 e. The number of rotatable bonds is 12. The Bertz CT molecular complexity index is 907. The first kappa shape index (κ1) is 24.2. The summed E-state index contributed by atoms with van der Waals surface area (Å²) in [5.41, 5.74) is 1.04. The van der Waals surface area contributed by atoms with Crippen molar-refractivity contribution in [3.05, 3.63) is 60.2 Å². The summed E-state index contributed by atoms with van der Waals surface area (Å²) in [6.07, 6.45) is 1.28. The van der Waals surface area contributed by atoms with Crippen LogP contribution in [-0.2, 0) is 14.8 Å². The molecule has 2 atom stereocenters. The van der Waals surface area contributed by atoms with E-state index in [0.717, 1.165) is 5.56 Å². The number of amides is 1. The lowest BCUT2D eigenvalue weighted by molar-refractivity contribution is -0.123. The van der Waals surface area contributed by atoms with E-state index >= 15 is 0 Å². The number of carbonyl (C=O) groups excluding carboxylic acids is 1. The quantitative estimate of drug-likeness (QED) is 0.455. The first-order valence-electron chi connectivity index (χ1n) is 9.53. The highest BCUT2D eigenvalue weighted by Gasteiger charge is 2.25. The lowest BCUT2D eigenvalue weighted by Crippen LogP contribution is -2.49. The van der Waals surface area contributed by atoms with Crippen molar-refractivity contribution < 1.29 is 23.1 Å². The molecule has 30 heavy (non-hydrogen) atoms. The van der Waals surface area contributed by atoms with Crippen molar-refractivity contribution in [2.45, 2.75) is 30.4 Å². The van der Waals surface area contributed by atoms with Crippen LogP contribution < -0.4 is 14.8 Å². The van der Waals surface area contributed by atoms with Crippen molar-refractivity contribution >= 4 is 27.7 Å². The Balaban J connectivity index is 1.91. The second-order valence-electron chi connectivity index (χ2n) is 6.79. The van der Waals surface area contributed by atoms with Gasteiger partial charge in [-0.3, -0.25) is 4.79 Å². The van der Waals surface area contributed by atoms with E-state index in [4.69, 9.17) is 4.74 Å². The third-order valence-corrected chi connectivity index (χ3v) is 6.35. The van der Waals surface area contributed by atoms with E-state index in [9.17, 15) is 18.3 Å². The molecule has 1 amide bonds. The number of aryl methyl sites for hydroxylation is 1. The fraction of sp³-hybridized carbons (Fsp3) is 0.381. The van der Waals surface area contributed by atoms with Crippen molar-refractivity contribution in [1.29, 1.82) is 0 Å². The molecule has 0 heterocycles. The first-order valence-corrected chi connectivity index (χ1v) is 12.4. The molecule has 0 radical (unpaired) electrons. The molecule has 0 fully saturated rings. The van der Waals surface area contributed by atoms with Crippen LogP contribution in [0.5, 0.6) is 5.75 Å². The molecule has 164 valence electrons. The summed E-state index contributed by atoms with van der Waals surface area (Å²) >= 11 is 1.52. The summed E-state index contributed by atoms with van der Waals surface area (Å²) in [7, 11) is -3.83. The van der Waals surface area contributed by atoms with Gasteiger partial charge in [-0.05, 0) is 55.2 Å². The molecule has 2 aromatic carbocycles. The topological polar surface area (TPSA) is 105 Å². The van der Waals surface area contributed by atoms with Crippen LogP contribution in [0.25, 0.3) is 0 Å². The molecule has 0 bridgehead atoms. The fourth-order valence-electron chi connectivity index (χ4n) is 2.63. The Kier molecular flexibility index (Phi) is 9.64. The molecular weight excluding hydrogens is 424 g/mol. The minimum atomic E-state index is -3.83. The van der Waals surface area contributed by atoms with Gasteiger partial charge in [0.05, 0.1) is 4.90 Å².